The molecule has 0 radical (unpaired) electrons. The Hall–Kier alpha value is -1.52. The predicted molar refractivity (Wildman–Crippen MR) is 210 cm³/mol. The molecule has 8 nitrogen and oxygen atoms in total. The molecule has 1 aliphatic heterocycles. The average molecular weight is 775 g/mol. The number of carbonyl (C=O) groups excluding carboxylic acids is 1. The third-order valence-corrected chi connectivity index (χ3v) is 20.3. The lowest BCUT2D eigenvalue weighted by Gasteiger charge is -2.73. The second-order valence-corrected chi connectivity index (χ2v) is 23.9. The van der Waals surface area contributed by atoms with Crippen LogP contribution >= 0.6 is 0 Å². The van der Waals surface area contributed by atoms with Crippen molar-refractivity contribution in [2.45, 2.75) is 150 Å². The molecule has 54 heavy (non-hydrogen) atoms. The van der Waals surface area contributed by atoms with Crippen LogP contribution in [0.5, 0.6) is 0 Å². The molecule has 0 bridgehead atoms. The average Bonchev–Trinajstić information content (AvgIpc) is 3.45. The minimum Gasteiger partial charge on any atom is -0.481 e. The van der Waals surface area contributed by atoms with E-state index in [-0.39, 0.29) is 56.8 Å². The number of hydrogen-bond donors (Lipinski definition) is 2. The van der Waals surface area contributed by atoms with Gasteiger partial charge in [-0.2, -0.15) is 0 Å². The summed E-state index contributed by atoms with van der Waals surface area (Å²) in [5, 5.41) is 13.8. The molecule has 0 aromatic carbocycles. The smallest absolute Gasteiger partial charge is 0.310 e. The summed E-state index contributed by atoms with van der Waals surface area (Å²) in [5.74, 6) is 0.0648. The van der Waals surface area contributed by atoms with Gasteiger partial charge >= 0.3 is 11.9 Å². The number of nitrogens with zero attached hydrogens (tertiary/aromatic N) is 1. The molecule has 1 saturated heterocycles. The van der Waals surface area contributed by atoms with E-state index in [4.69, 9.17) is 4.74 Å². The third kappa shape index (κ3) is 6.00. The van der Waals surface area contributed by atoms with Crippen LogP contribution in [0, 0.1) is 68.5 Å². The van der Waals surface area contributed by atoms with Crippen molar-refractivity contribution in [3.8, 4) is 0 Å². The van der Waals surface area contributed by atoms with E-state index in [1.165, 1.54) is 18.4 Å². The van der Waals surface area contributed by atoms with E-state index in [1.807, 2.05) is 13.8 Å². The summed E-state index contributed by atoms with van der Waals surface area (Å²) in [6.07, 6.45) is 9.54. The van der Waals surface area contributed by atoms with E-state index in [2.05, 4.69) is 58.3 Å². The van der Waals surface area contributed by atoms with E-state index >= 15 is 4.39 Å². The van der Waals surface area contributed by atoms with Crippen LogP contribution in [-0.2, 0) is 24.2 Å². The largest absolute Gasteiger partial charge is 0.481 e. The number of fused-ring (bicyclic) bond motifs is 7. The van der Waals surface area contributed by atoms with Crippen LogP contribution in [0.4, 0.5) is 4.39 Å². The van der Waals surface area contributed by atoms with Crippen molar-refractivity contribution in [1.82, 2.24) is 10.2 Å². The van der Waals surface area contributed by atoms with E-state index < -0.39 is 39.2 Å². The van der Waals surface area contributed by atoms with Crippen LogP contribution < -0.4 is 5.32 Å². The maximum absolute atomic E-state index is 15.3. The number of carbonyl (C=O) groups is 2. The number of carboxylic acids is 1. The number of aliphatic carboxylic acids is 1. The minimum absolute atomic E-state index is 0.0766. The summed E-state index contributed by atoms with van der Waals surface area (Å²) >= 11 is 0. The molecule has 10 heteroatoms. The van der Waals surface area contributed by atoms with Gasteiger partial charge in [-0.25, -0.2) is 12.8 Å². The Balaban J connectivity index is 1.11. The summed E-state index contributed by atoms with van der Waals surface area (Å²) in [7, 11) is -3.05. The van der Waals surface area contributed by atoms with E-state index in [0.717, 1.165) is 51.4 Å². The van der Waals surface area contributed by atoms with Gasteiger partial charge < -0.3 is 15.2 Å². The molecule has 306 valence electrons. The first kappa shape index (κ1) is 40.7. The molecule has 6 aliphatic carbocycles. The summed E-state index contributed by atoms with van der Waals surface area (Å²) in [6, 6.07) is -0.344. The van der Waals surface area contributed by atoms with Crippen molar-refractivity contribution in [3.63, 3.8) is 0 Å². The van der Waals surface area contributed by atoms with Gasteiger partial charge in [0.15, 0.2) is 9.84 Å². The first-order chi connectivity index (χ1) is 25.0. The molecular formula is C44H71FN2O6S. The first-order valence-corrected chi connectivity index (χ1v) is 23.2. The molecule has 0 aromatic rings. The van der Waals surface area contributed by atoms with E-state index in [9.17, 15) is 23.1 Å². The number of ether oxygens (including phenoxy) is 1. The number of allylic oxidation sites excluding steroid dienone is 1. The second-order valence-electron chi connectivity index (χ2n) is 21.6. The molecule has 0 aromatic heterocycles. The Morgan fingerprint density at radius 1 is 0.870 bits per heavy atom. The third-order valence-electron chi connectivity index (χ3n) is 18.7. The molecular weight excluding hydrogens is 704 g/mol. The van der Waals surface area contributed by atoms with Gasteiger partial charge in [-0.3, -0.25) is 14.5 Å². The number of esters is 1. The van der Waals surface area contributed by atoms with Gasteiger partial charge in [0.1, 0.15) is 12.3 Å². The van der Waals surface area contributed by atoms with Gasteiger partial charge in [-0.15, -0.1) is 0 Å². The van der Waals surface area contributed by atoms with Crippen LogP contribution in [0.15, 0.2) is 12.2 Å². The van der Waals surface area contributed by atoms with Gasteiger partial charge in [0.25, 0.3) is 0 Å². The van der Waals surface area contributed by atoms with Gasteiger partial charge in [-0.1, -0.05) is 60.6 Å². The highest BCUT2D eigenvalue weighted by Gasteiger charge is 2.72. The molecule has 1 heterocycles. The number of carboxylic acid groups (broad SMARTS) is 1. The lowest BCUT2D eigenvalue weighted by Crippen LogP contribution is -2.69. The zero-order chi connectivity index (χ0) is 39.6. The monoisotopic (exact) mass is 775 g/mol. The van der Waals surface area contributed by atoms with Crippen LogP contribution in [-0.4, -0.2) is 85.4 Å². The second kappa shape index (κ2) is 13.3. The van der Waals surface area contributed by atoms with Crippen molar-refractivity contribution < 1.29 is 32.2 Å². The highest BCUT2D eigenvalue weighted by Crippen LogP contribution is 2.76. The van der Waals surface area contributed by atoms with Gasteiger partial charge in [0, 0.05) is 30.6 Å². The predicted octanol–water partition coefficient (Wildman–Crippen LogP) is 7.71. The van der Waals surface area contributed by atoms with Crippen molar-refractivity contribution >= 4 is 21.8 Å². The van der Waals surface area contributed by atoms with Crippen LogP contribution in [0.25, 0.3) is 0 Å². The van der Waals surface area contributed by atoms with Crippen molar-refractivity contribution in [3.05, 3.63) is 12.2 Å². The van der Waals surface area contributed by atoms with E-state index in [1.54, 1.807) is 6.92 Å². The lowest BCUT2D eigenvalue weighted by molar-refractivity contribution is -0.246. The zero-order valence-corrected chi connectivity index (χ0v) is 35.6. The molecule has 0 amide bonds. The maximum atomic E-state index is 15.3. The summed E-state index contributed by atoms with van der Waals surface area (Å²) in [5.41, 5.74) is 0.805. The fourth-order valence-corrected chi connectivity index (χ4v) is 16.6. The highest BCUT2D eigenvalue weighted by molar-refractivity contribution is 7.91. The molecule has 7 aliphatic rings. The van der Waals surface area contributed by atoms with Crippen molar-refractivity contribution in [2.75, 3.05) is 31.1 Å². The van der Waals surface area contributed by atoms with Gasteiger partial charge in [-0.05, 0) is 129 Å². The van der Waals surface area contributed by atoms with Crippen LogP contribution in [0.3, 0.4) is 0 Å². The molecule has 14 atom stereocenters. The first-order valence-electron chi connectivity index (χ1n) is 21.4. The van der Waals surface area contributed by atoms with Crippen molar-refractivity contribution in [1.29, 1.82) is 0 Å². The lowest BCUT2D eigenvalue weighted by atomic mass is 9.32. The number of hydrogen-bond acceptors (Lipinski definition) is 7. The quantitative estimate of drug-likeness (QED) is 0.181. The standard InChI is InChI=1S/C44H71FN2O6S/c1-26(2)28-13-18-44(46-25-30(27(3)45)47-21-23-54(51,52)24-22-47)20-19-42(9)29(34(28)44)11-12-32-41(8)16-15-33(39(4,5)31(41)14-17-43(32,42)10)53-38(50)36-35(37(48)49)40(36,6)7/h27-36,46H,1,11-25H2,2-10H3,(H,48,49)/t27-,28-,29+,30+,31-,32+,33-,34+,35+,36-,41-,42+,43+,44-/m0/s1. The van der Waals surface area contributed by atoms with Crippen LogP contribution in [0.2, 0.25) is 0 Å². The molecule has 0 spiro atoms. The number of halogens is 1. The number of alkyl halides is 1. The van der Waals surface area contributed by atoms with Gasteiger partial charge in [0.05, 0.1) is 29.4 Å². The number of nitrogens with one attached hydrogen (secondary N) is 1. The molecule has 7 fully saturated rings. The Morgan fingerprint density at radius 2 is 1.54 bits per heavy atom. The summed E-state index contributed by atoms with van der Waals surface area (Å²) in [4.78, 5) is 27.4. The minimum atomic E-state index is -3.05. The fourth-order valence-electron chi connectivity index (χ4n) is 15.3. The Labute approximate surface area is 325 Å². The fraction of sp³-hybridized carbons (Fsp3) is 0.909. The molecule has 7 rings (SSSR count). The Kier molecular flexibility index (Phi) is 9.98. The van der Waals surface area contributed by atoms with Crippen molar-refractivity contribution in [2.24, 2.45) is 68.5 Å². The Morgan fingerprint density at radius 3 is 2.13 bits per heavy atom. The van der Waals surface area contributed by atoms with Crippen LogP contribution in [0.1, 0.15) is 127 Å². The molecule has 2 N–H and O–H groups in total. The number of sulfone groups is 1. The summed E-state index contributed by atoms with van der Waals surface area (Å²) < 4.78 is 46.1. The Bertz CT molecular complexity index is 1630. The molecule has 6 saturated carbocycles. The summed E-state index contributed by atoms with van der Waals surface area (Å²) in [6.45, 7) is 25.9. The zero-order valence-electron chi connectivity index (χ0n) is 34.8. The molecule has 0 unspecified atom stereocenters. The maximum Gasteiger partial charge on any atom is 0.310 e. The highest BCUT2D eigenvalue weighted by atomic mass is 32.2. The van der Waals surface area contributed by atoms with Gasteiger partial charge in [0.2, 0.25) is 0 Å². The SMILES string of the molecule is C=C(C)[C@@H]1CC[C@]2(NC[C@H]([C@H](C)F)N3CCS(=O)(=O)CC3)CC[C@]3(C)[C@H](CC[C@@H]4[C@@]5(C)CC[C@H](OC(=O)[C@@H]6[C@H](C(=O)O)C6(C)C)C(C)(C)[C@@H]5CC[C@]43C)[C@@H]12. The number of rotatable bonds is 9. The topological polar surface area (TPSA) is 113 Å². The van der Waals surface area contributed by atoms with E-state index in [0.29, 0.717) is 49.2 Å². The normalized spacial score (nSPS) is 47.1.